The Balaban J connectivity index is 2.17. The fourth-order valence-corrected chi connectivity index (χ4v) is 1.77. The molecule has 0 amide bonds. The van der Waals surface area contributed by atoms with Gasteiger partial charge in [0.1, 0.15) is 11.3 Å². The quantitative estimate of drug-likeness (QED) is 0.739. The summed E-state index contributed by atoms with van der Waals surface area (Å²) in [6, 6.07) is 5.78. The molecule has 0 bridgehead atoms. The first-order valence-corrected chi connectivity index (χ1v) is 5.57. The standard InChI is InChI=1S/C13H7F3N2O2/c14-13(15,16)7-3-4-10(19)8(6-7)11-18-9-2-1-5-17-12(9)20-11/h1-6,19H. The minimum atomic E-state index is -4.51. The highest BCUT2D eigenvalue weighted by Crippen LogP contribution is 2.36. The Morgan fingerprint density at radius 3 is 2.65 bits per heavy atom. The average Bonchev–Trinajstić information content (AvgIpc) is 2.81. The monoisotopic (exact) mass is 280 g/mol. The van der Waals surface area contributed by atoms with Gasteiger partial charge in [0.25, 0.3) is 0 Å². The maximum absolute atomic E-state index is 12.7. The van der Waals surface area contributed by atoms with Crippen molar-refractivity contribution in [2.45, 2.75) is 6.18 Å². The van der Waals surface area contributed by atoms with Crippen LogP contribution >= 0.6 is 0 Å². The molecule has 102 valence electrons. The molecule has 1 N–H and O–H groups in total. The number of aromatic hydroxyl groups is 1. The van der Waals surface area contributed by atoms with Crippen LogP contribution in [0, 0.1) is 0 Å². The molecule has 0 spiro atoms. The summed E-state index contributed by atoms with van der Waals surface area (Å²) >= 11 is 0. The van der Waals surface area contributed by atoms with Gasteiger partial charge in [0, 0.05) is 6.20 Å². The van der Waals surface area contributed by atoms with Crippen LogP contribution in [0.5, 0.6) is 5.75 Å². The molecule has 2 heterocycles. The zero-order valence-electron chi connectivity index (χ0n) is 9.85. The van der Waals surface area contributed by atoms with Crippen molar-refractivity contribution in [3.8, 4) is 17.2 Å². The normalized spacial score (nSPS) is 11.9. The molecule has 0 unspecified atom stereocenters. The Hall–Kier alpha value is -2.57. The molecule has 3 rings (SSSR count). The molecule has 0 saturated carbocycles. The number of aromatic nitrogens is 2. The van der Waals surface area contributed by atoms with E-state index in [2.05, 4.69) is 9.97 Å². The first-order chi connectivity index (χ1) is 9.45. The van der Waals surface area contributed by atoms with E-state index in [0.29, 0.717) is 5.52 Å². The third kappa shape index (κ3) is 2.07. The number of halogens is 3. The molecule has 20 heavy (non-hydrogen) atoms. The zero-order valence-corrected chi connectivity index (χ0v) is 9.85. The van der Waals surface area contributed by atoms with Gasteiger partial charge >= 0.3 is 6.18 Å². The van der Waals surface area contributed by atoms with Crippen molar-refractivity contribution in [1.29, 1.82) is 0 Å². The van der Waals surface area contributed by atoms with Crippen LogP contribution in [0.15, 0.2) is 40.9 Å². The molecular weight excluding hydrogens is 273 g/mol. The molecule has 0 aliphatic heterocycles. The summed E-state index contributed by atoms with van der Waals surface area (Å²) in [5, 5.41) is 9.69. The molecule has 4 nitrogen and oxygen atoms in total. The highest BCUT2D eigenvalue weighted by Gasteiger charge is 2.31. The molecule has 0 atom stereocenters. The molecule has 0 fully saturated rings. The number of alkyl halides is 3. The Labute approximate surface area is 110 Å². The zero-order chi connectivity index (χ0) is 14.3. The maximum atomic E-state index is 12.7. The highest BCUT2D eigenvalue weighted by atomic mass is 19.4. The SMILES string of the molecule is Oc1ccc(C(F)(F)F)cc1-c1nc2cccnc2o1. The fourth-order valence-electron chi connectivity index (χ4n) is 1.77. The van der Waals surface area contributed by atoms with Gasteiger partial charge in [0.2, 0.25) is 11.6 Å². The van der Waals surface area contributed by atoms with Crippen molar-refractivity contribution in [3.63, 3.8) is 0 Å². The summed E-state index contributed by atoms with van der Waals surface area (Å²) in [5.74, 6) is -0.452. The van der Waals surface area contributed by atoms with Crippen molar-refractivity contribution in [3.05, 3.63) is 42.1 Å². The van der Waals surface area contributed by atoms with Gasteiger partial charge in [-0.05, 0) is 30.3 Å². The predicted octanol–water partition coefficient (Wildman–Crippen LogP) is 3.61. The number of hydrogen-bond donors (Lipinski definition) is 1. The van der Waals surface area contributed by atoms with Gasteiger partial charge in [-0.2, -0.15) is 13.2 Å². The second-order valence-corrected chi connectivity index (χ2v) is 4.08. The van der Waals surface area contributed by atoms with Gasteiger partial charge in [-0.15, -0.1) is 0 Å². The lowest BCUT2D eigenvalue weighted by molar-refractivity contribution is -0.137. The van der Waals surface area contributed by atoms with Crippen LogP contribution in [0.25, 0.3) is 22.7 Å². The topological polar surface area (TPSA) is 59.2 Å². The number of pyridine rings is 1. The Kier molecular flexibility index (Phi) is 2.63. The molecule has 2 aromatic heterocycles. The number of phenolic OH excluding ortho intramolecular Hbond substituents is 1. The maximum Gasteiger partial charge on any atom is 0.416 e. The van der Waals surface area contributed by atoms with E-state index in [1.54, 1.807) is 12.1 Å². The molecule has 0 aliphatic carbocycles. The number of nitrogens with zero attached hydrogens (tertiary/aromatic N) is 2. The lowest BCUT2D eigenvalue weighted by atomic mass is 10.1. The number of fused-ring (bicyclic) bond motifs is 1. The highest BCUT2D eigenvalue weighted by molar-refractivity contribution is 5.74. The van der Waals surface area contributed by atoms with Crippen molar-refractivity contribution in [1.82, 2.24) is 9.97 Å². The third-order valence-corrected chi connectivity index (χ3v) is 2.72. The van der Waals surface area contributed by atoms with E-state index in [1.165, 1.54) is 6.20 Å². The van der Waals surface area contributed by atoms with Gasteiger partial charge in [0.05, 0.1) is 11.1 Å². The number of phenols is 1. The van der Waals surface area contributed by atoms with E-state index in [9.17, 15) is 18.3 Å². The van der Waals surface area contributed by atoms with Crippen LogP contribution < -0.4 is 0 Å². The summed E-state index contributed by atoms with van der Waals surface area (Å²) in [6.07, 6.45) is -3.03. The Morgan fingerprint density at radius 1 is 1.15 bits per heavy atom. The molecule has 3 aromatic rings. The van der Waals surface area contributed by atoms with Crippen LogP contribution in [0.2, 0.25) is 0 Å². The lowest BCUT2D eigenvalue weighted by Gasteiger charge is -2.08. The van der Waals surface area contributed by atoms with Crippen LogP contribution in [0.1, 0.15) is 5.56 Å². The smallest absolute Gasteiger partial charge is 0.416 e. The number of benzene rings is 1. The van der Waals surface area contributed by atoms with E-state index in [4.69, 9.17) is 4.42 Å². The minimum Gasteiger partial charge on any atom is -0.507 e. The summed E-state index contributed by atoms with van der Waals surface area (Å²) in [4.78, 5) is 7.91. The third-order valence-electron chi connectivity index (χ3n) is 2.72. The van der Waals surface area contributed by atoms with Crippen molar-refractivity contribution >= 4 is 11.2 Å². The van der Waals surface area contributed by atoms with Crippen molar-refractivity contribution < 1.29 is 22.7 Å². The Bertz CT molecular complexity index is 748. The largest absolute Gasteiger partial charge is 0.507 e. The first kappa shape index (κ1) is 12.5. The molecule has 0 saturated heterocycles. The molecular formula is C13H7F3N2O2. The number of hydrogen-bond acceptors (Lipinski definition) is 4. The van der Waals surface area contributed by atoms with Gasteiger partial charge in [0.15, 0.2) is 0 Å². The van der Waals surface area contributed by atoms with E-state index < -0.39 is 11.7 Å². The second-order valence-electron chi connectivity index (χ2n) is 4.08. The van der Waals surface area contributed by atoms with E-state index in [1.807, 2.05) is 0 Å². The van der Waals surface area contributed by atoms with Gasteiger partial charge in [-0.1, -0.05) is 0 Å². The molecule has 7 heteroatoms. The average molecular weight is 280 g/mol. The van der Waals surface area contributed by atoms with Gasteiger partial charge in [-0.25, -0.2) is 9.97 Å². The number of oxazole rings is 1. The van der Waals surface area contributed by atoms with Crippen LogP contribution in [-0.4, -0.2) is 15.1 Å². The summed E-state index contributed by atoms with van der Waals surface area (Å²) in [5.41, 5.74) is -0.419. The molecule has 0 aliphatic rings. The minimum absolute atomic E-state index is 0.109. The summed E-state index contributed by atoms with van der Waals surface area (Å²) < 4.78 is 43.3. The van der Waals surface area contributed by atoms with Crippen LogP contribution in [0.4, 0.5) is 13.2 Å². The van der Waals surface area contributed by atoms with Gasteiger partial charge < -0.3 is 9.52 Å². The van der Waals surface area contributed by atoms with Gasteiger partial charge in [-0.3, -0.25) is 0 Å². The van der Waals surface area contributed by atoms with Crippen molar-refractivity contribution in [2.24, 2.45) is 0 Å². The second kappa shape index (κ2) is 4.22. The van der Waals surface area contributed by atoms with E-state index in [0.717, 1.165) is 18.2 Å². The van der Waals surface area contributed by atoms with Crippen LogP contribution in [-0.2, 0) is 6.18 Å². The van der Waals surface area contributed by atoms with E-state index in [-0.39, 0.29) is 22.9 Å². The first-order valence-electron chi connectivity index (χ1n) is 5.57. The number of rotatable bonds is 1. The van der Waals surface area contributed by atoms with E-state index >= 15 is 0 Å². The lowest BCUT2D eigenvalue weighted by Crippen LogP contribution is -2.04. The Morgan fingerprint density at radius 2 is 1.95 bits per heavy atom. The summed E-state index contributed by atoms with van der Waals surface area (Å²) in [7, 11) is 0. The molecule has 1 aromatic carbocycles. The fraction of sp³-hybridized carbons (Fsp3) is 0.0769. The van der Waals surface area contributed by atoms with Crippen molar-refractivity contribution in [2.75, 3.05) is 0 Å². The summed E-state index contributed by atoms with van der Waals surface area (Å²) in [6.45, 7) is 0. The molecule has 0 radical (unpaired) electrons. The van der Waals surface area contributed by atoms with Crippen LogP contribution in [0.3, 0.4) is 0 Å². The predicted molar refractivity (Wildman–Crippen MR) is 63.9 cm³/mol.